The van der Waals surface area contributed by atoms with Crippen LogP contribution in [0.2, 0.25) is 0 Å². The third-order valence-electron chi connectivity index (χ3n) is 4.45. The van der Waals surface area contributed by atoms with Gasteiger partial charge in [0.05, 0.1) is 12.0 Å². The summed E-state index contributed by atoms with van der Waals surface area (Å²) in [6.07, 6.45) is 7.24. The largest absolute Gasteiger partial charge is 0.481 e. The molecule has 1 saturated carbocycles. The Labute approximate surface area is 132 Å². The fourth-order valence-electron chi connectivity index (χ4n) is 2.73. The first kappa shape index (κ1) is 18.7. The van der Waals surface area contributed by atoms with Gasteiger partial charge >= 0.3 is 12.0 Å². The number of rotatable bonds is 8. The minimum absolute atomic E-state index is 0.0759. The molecule has 0 aromatic rings. The summed E-state index contributed by atoms with van der Waals surface area (Å²) in [7, 11) is 0. The minimum atomic E-state index is -0.996. The highest BCUT2D eigenvalue weighted by Crippen LogP contribution is 2.26. The highest BCUT2D eigenvalue weighted by molar-refractivity contribution is 5.77. The minimum Gasteiger partial charge on any atom is -0.481 e. The van der Waals surface area contributed by atoms with Crippen LogP contribution in [0.5, 0.6) is 0 Å². The van der Waals surface area contributed by atoms with E-state index >= 15 is 0 Å². The lowest BCUT2D eigenvalue weighted by atomic mass is 9.87. The van der Waals surface area contributed by atoms with E-state index in [-0.39, 0.29) is 25.7 Å². The summed E-state index contributed by atoms with van der Waals surface area (Å²) < 4.78 is 0. The van der Waals surface area contributed by atoms with E-state index in [0.717, 1.165) is 6.42 Å². The maximum atomic E-state index is 12.2. The number of hydrogen-bond acceptors (Lipinski definition) is 3. The van der Waals surface area contributed by atoms with Gasteiger partial charge in [-0.15, -0.1) is 0 Å². The average Bonchev–Trinajstić information content (AvgIpc) is 2.50. The van der Waals surface area contributed by atoms with Crippen molar-refractivity contribution in [3.05, 3.63) is 0 Å². The molecule has 0 aliphatic heterocycles. The molecule has 6 heteroatoms. The molecule has 0 unspecified atom stereocenters. The van der Waals surface area contributed by atoms with Gasteiger partial charge in [-0.2, -0.15) is 0 Å². The number of nitrogens with one attached hydrogen (secondary N) is 1. The number of carboxylic acid groups (broad SMARTS) is 1. The number of aliphatic hydroxyl groups is 1. The first-order valence-corrected chi connectivity index (χ1v) is 8.24. The lowest BCUT2D eigenvalue weighted by Crippen LogP contribution is -2.47. The van der Waals surface area contributed by atoms with Crippen LogP contribution in [0.4, 0.5) is 4.79 Å². The van der Waals surface area contributed by atoms with Crippen LogP contribution in [-0.4, -0.2) is 53.4 Å². The molecule has 1 fully saturated rings. The second kappa shape index (κ2) is 8.98. The fourth-order valence-corrected chi connectivity index (χ4v) is 2.73. The van der Waals surface area contributed by atoms with Crippen molar-refractivity contribution >= 4 is 12.0 Å². The van der Waals surface area contributed by atoms with Crippen LogP contribution < -0.4 is 5.32 Å². The summed E-state index contributed by atoms with van der Waals surface area (Å²) in [5.41, 5.74) is -0.996. The van der Waals surface area contributed by atoms with E-state index in [9.17, 15) is 9.59 Å². The summed E-state index contributed by atoms with van der Waals surface area (Å²) in [6.45, 7) is 4.05. The monoisotopic (exact) mass is 314 g/mol. The molecule has 0 aromatic heterocycles. The fraction of sp³-hybridized carbons (Fsp3) is 0.875. The quantitative estimate of drug-likeness (QED) is 0.640. The number of aliphatic hydroxyl groups excluding tert-OH is 1. The maximum Gasteiger partial charge on any atom is 0.317 e. The van der Waals surface area contributed by atoms with E-state index in [4.69, 9.17) is 10.2 Å². The Kier molecular flexibility index (Phi) is 7.65. The highest BCUT2D eigenvalue weighted by Gasteiger charge is 2.28. The van der Waals surface area contributed by atoms with Crippen LogP contribution in [0.15, 0.2) is 0 Å². The number of urea groups is 1. The second-order valence-corrected chi connectivity index (χ2v) is 6.85. The number of carbonyl (C=O) groups excluding carboxylic acids is 1. The molecule has 1 rings (SSSR count). The van der Waals surface area contributed by atoms with E-state index in [1.807, 2.05) is 0 Å². The Morgan fingerprint density at radius 3 is 2.36 bits per heavy atom. The van der Waals surface area contributed by atoms with Crippen LogP contribution in [0.1, 0.15) is 52.4 Å². The molecule has 128 valence electrons. The smallest absolute Gasteiger partial charge is 0.317 e. The Morgan fingerprint density at radius 1 is 1.18 bits per heavy atom. The van der Waals surface area contributed by atoms with Gasteiger partial charge in [-0.3, -0.25) is 4.79 Å². The average molecular weight is 314 g/mol. The molecule has 0 aromatic carbocycles. The molecule has 6 nitrogen and oxygen atoms in total. The number of carboxylic acids is 1. The van der Waals surface area contributed by atoms with Gasteiger partial charge in [0.25, 0.3) is 0 Å². The zero-order chi connectivity index (χ0) is 16.6. The summed E-state index contributed by atoms with van der Waals surface area (Å²) >= 11 is 0. The molecule has 3 N–H and O–H groups in total. The van der Waals surface area contributed by atoms with Gasteiger partial charge in [-0.25, -0.2) is 4.79 Å². The van der Waals surface area contributed by atoms with Crippen LogP contribution in [-0.2, 0) is 4.79 Å². The summed E-state index contributed by atoms with van der Waals surface area (Å²) in [5, 5.41) is 20.9. The van der Waals surface area contributed by atoms with Gasteiger partial charge in [0, 0.05) is 19.6 Å². The van der Waals surface area contributed by atoms with Crippen molar-refractivity contribution in [1.82, 2.24) is 10.2 Å². The molecule has 0 saturated heterocycles. The first-order valence-electron chi connectivity index (χ1n) is 8.24. The number of hydrogen-bond donors (Lipinski definition) is 3. The van der Waals surface area contributed by atoms with Crippen LogP contribution >= 0.6 is 0 Å². The number of nitrogens with zero attached hydrogens (tertiary/aromatic N) is 1. The van der Waals surface area contributed by atoms with Gasteiger partial charge < -0.3 is 20.4 Å². The van der Waals surface area contributed by atoms with E-state index in [0.29, 0.717) is 12.5 Å². The van der Waals surface area contributed by atoms with Gasteiger partial charge in [0.2, 0.25) is 0 Å². The number of aliphatic carboxylic acids is 1. The summed E-state index contributed by atoms with van der Waals surface area (Å²) in [4.78, 5) is 24.8. The van der Waals surface area contributed by atoms with Crippen molar-refractivity contribution in [3.63, 3.8) is 0 Å². The van der Waals surface area contributed by atoms with E-state index < -0.39 is 11.4 Å². The number of carbonyl (C=O) groups is 2. The Morgan fingerprint density at radius 2 is 1.82 bits per heavy atom. The molecule has 2 amide bonds. The lowest BCUT2D eigenvalue weighted by molar-refractivity contribution is -0.146. The topological polar surface area (TPSA) is 89.9 Å². The van der Waals surface area contributed by atoms with Gasteiger partial charge in [0.1, 0.15) is 0 Å². The molecular weight excluding hydrogens is 284 g/mol. The van der Waals surface area contributed by atoms with E-state index in [1.54, 1.807) is 18.7 Å². The molecule has 22 heavy (non-hydrogen) atoms. The SMILES string of the molecule is CC(C)(CNC(=O)N(CCO)CCC1CCCCC1)C(=O)O. The summed E-state index contributed by atoms with van der Waals surface area (Å²) in [5.74, 6) is -0.276. The van der Waals surface area contributed by atoms with Crippen molar-refractivity contribution in [1.29, 1.82) is 0 Å². The Hall–Kier alpha value is -1.30. The predicted octanol–water partition coefficient (Wildman–Crippen LogP) is 2.07. The van der Waals surface area contributed by atoms with Gasteiger partial charge in [-0.1, -0.05) is 32.1 Å². The van der Waals surface area contributed by atoms with E-state index in [1.165, 1.54) is 32.1 Å². The first-order chi connectivity index (χ1) is 10.4. The van der Waals surface area contributed by atoms with E-state index in [2.05, 4.69) is 5.32 Å². The van der Waals surface area contributed by atoms with Crippen molar-refractivity contribution in [2.24, 2.45) is 11.3 Å². The molecule has 0 bridgehead atoms. The maximum absolute atomic E-state index is 12.2. The molecule has 0 heterocycles. The van der Waals surface area contributed by atoms with Gasteiger partial charge in [0.15, 0.2) is 0 Å². The Balaban J connectivity index is 2.43. The molecule has 0 spiro atoms. The third kappa shape index (κ3) is 6.22. The molecule has 0 radical (unpaired) electrons. The molecular formula is C16H30N2O4. The lowest BCUT2D eigenvalue weighted by Gasteiger charge is -2.28. The third-order valence-corrected chi connectivity index (χ3v) is 4.45. The molecule has 1 aliphatic rings. The Bertz CT molecular complexity index is 365. The van der Waals surface area contributed by atoms with Crippen molar-refractivity contribution in [2.45, 2.75) is 52.4 Å². The van der Waals surface area contributed by atoms with Crippen molar-refractivity contribution in [3.8, 4) is 0 Å². The summed E-state index contributed by atoms with van der Waals surface area (Å²) in [6, 6.07) is -0.292. The predicted molar refractivity (Wildman–Crippen MR) is 84.7 cm³/mol. The zero-order valence-electron chi connectivity index (χ0n) is 13.8. The van der Waals surface area contributed by atoms with Crippen molar-refractivity contribution < 1.29 is 19.8 Å². The number of amides is 2. The second-order valence-electron chi connectivity index (χ2n) is 6.85. The van der Waals surface area contributed by atoms with Crippen LogP contribution in [0.25, 0.3) is 0 Å². The standard InChI is InChI=1S/C16H30N2O4/c1-16(2,14(20)21)12-17-15(22)18(10-11-19)9-8-13-6-4-3-5-7-13/h13,19H,3-12H2,1-2H3,(H,17,22)(H,20,21). The van der Waals surface area contributed by atoms with Crippen LogP contribution in [0.3, 0.4) is 0 Å². The molecule has 0 atom stereocenters. The zero-order valence-corrected chi connectivity index (χ0v) is 13.8. The van der Waals surface area contributed by atoms with Crippen LogP contribution in [0, 0.1) is 11.3 Å². The normalized spacial score (nSPS) is 16.3. The van der Waals surface area contributed by atoms with Gasteiger partial charge in [-0.05, 0) is 26.2 Å². The molecule has 1 aliphatic carbocycles. The highest BCUT2D eigenvalue weighted by atomic mass is 16.4. The van der Waals surface area contributed by atoms with Crippen molar-refractivity contribution in [2.75, 3.05) is 26.2 Å².